The summed E-state index contributed by atoms with van der Waals surface area (Å²) in [6.45, 7) is 0.155. The van der Waals surface area contributed by atoms with Gasteiger partial charge in [-0.15, -0.1) is 0 Å². The van der Waals surface area contributed by atoms with Crippen molar-refractivity contribution in [1.82, 2.24) is 10.2 Å². The maximum Gasteiger partial charge on any atom is 0.243 e. The number of hydrogen-bond acceptors (Lipinski definition) is 2. The number of benzene rings is 3. The van der Waals surface area contributed by atoms with E-state index in [0.29, 0.717) is 17.0 Å². The van der Waals surface area contributed by atoms with Gasteiger partial charge in [-0.05, 0) is 41.7 Å². The molecule has 4 nitrogen and oxygen atoms in total. The number of nitrogens with one attached hydrogen (secondary N) is 1. The van der Waals surface area contributed by atoms with Crippen molar-refractivity contribution in [2.24, 2.45) is 0 Å². The Morgan fingerprint density at radius 2 is 1.53 bits per heavy atom. The molecule has 0 unspecified atom stereocenters. The first kappa shape index (κ1) is 25.9. The van der Waals surface area contributed by atoms with E-state index in [4.69, 9.17) is 11.6 Å². The summed E-state index contributed by atoms with van der Waals surface area (Å²) >= 11 is 6.46. The molecule has 1 atom stereocenters. The zero-order valence-electron chi connectivity index (χ0n) is 20.3. The van der Waals surface area contributed by atoms with Crippen molar-refractivity contribution in [3.05, 3.63) is 106 Å². The normalized spacial score (nSPS) is 14.7. The van der Waals surface area contributed by atoms with E-state index in [1.807, 2.05) is 48.5 Å². The van der Waals surface area contributed by atoms with Gasteiger partial charge >= 0.3 is 0 Å². The first-order chi connectivity index (χ1) is 17.5. The minimum Gasteiger partial charge on any atom is -0.352 e. The summed E-state index contributed by atoms with van der Waals surface area (Å²) in [6, 6.07) is 22.6. The fourth-order valence-electron chi connectivity index (χ4n) is 4.81. The second-order valence-electron chi connectivity index (χ2n) is 9.43. The van der Waals surface area contributed by atoms with Crippen LogP contribution < -0.4 is 5.32 Å². The van der Waals surface area contributed by atoms with Crippen LogP contribution in [0, 0.1) is 5.82 Å². The fourth-order valence-corrected chi connectivity index (χ4v) is 5.01. The van der Waals surface area contributed by atoms with Crippen LogP contribution in [0.2, 0.25) is 5.02 Å². The maximum absolute atomic E-state index is 14.4. The van der Waals surface area contributed by atoms with Crippen molar-refractivity contribution in [3.8, 4) is 0 Å². The number of rotatable bonds is 9. The summed E-state index contributed by atoms with van der Waals surface area (Å²) in [7, 11) is 0. The highest BCUT2D eigenvalue weighted by molar-refractivity contribution is 6.31. The maximum atomic E-state index is 14.4. The Labute approximate surface area is 217 Å². The molecule has 3 aromatic carbocycles. The molecule has 36 heavy (non-hydrogen) atoms. The number of nitrogens with zero attached hydrogens (tertiary/aromatic N) is 1. The molecule has 188 valence electrons. The van der Waals surface area contributed by atoms with Crippen LogP contribution in [0.5, 0.6) is 0 Å². The SMILES string of the molecule is O=C(NC1CCCCC1)[C@@H](Cc1ccccc1)N(Cc1ccccc1Cl)C(=O)Cc1ccccc1F. The second-order valence-corrected chi connectivity index (χ2v) is 9.84. The zero-order valence-corrected chi connectivity index (χ0v) is 21.1. The lowest BCUT2D eigenvalue weighted by Crippen LogP contribution is -2.53. The molecule has 0 radical (unpaired) electrons. The molecule has 1 aliphatic rings. The van der Waals surface area contributed by atoms with Gasteiger partial charge in [-0.1, -0.05) is 97.6 Å². The summed E-state index contributed by atoms with van der Waals surface area (Å²) in [5.74, 6) is -0.936. The van der Waals surface area contributed by atoms with E-state index in [-0.39, 0.29) is 30.8 Å². The average molecular weight is 507 g/mol. The van der Waals surface area contributed by atoms with Gasteiger partial charge in [0.15, 0.2) is 0 Å². The lowest BCUT2D eigenvalue weighted by Gasteiger charge is -2.33. The molecule has 2 amide bonds. The van der Waals surface area contributed by atoms with E-state index in [2.05, 4.69) is 5.32 Å². The lowest BCUT2D eigenvalue weighted by atomic mass is 9.94. The van der Waals surface area contributed by atoms with Crippen LogP contribution >= 0.6 is 11.6 Å². The van der Waals surface area contributed by atoms with Gasteiger partial charge < -0.3 is 10.2 Å². The van der Waals surface area contributed by atoms with Crippen LogP contribution in [-0.4, -0.2) is 28.8 Å². The third-order valence-electron chi connectivity index (χ3n) is 6.82. The highest BCUT2D eigenvalue weighted by Gasteiger charge is 2.32. The van der Waals surface area contributed by atoms with Crippen molar-refractivity contribution < 1.29 is 14.0 Å². The predicted octanol–water partition coefficient (Wildman–Crippen LogP) is 6.11. The van der Waals surface area contributed by atoms with Crippen molar-refractivity contribution in [2.45, 2.75) is 63.6 Å². The van der Waals surface area contributed by atoms with Crippen LogP contribution in [0.15, 0.2) is 78.9 Å². The predicted molar refractivity (Wildman–Crippen MR) is 141 cm³/mol. The Kier molecular flexibility index (Phi) is 9.12. The van der Waals surface area contributed by atoms with Gasteiger partial charge in [0.2, 0.25) is 11.8 Å². The van der Waals surface area contributed by atoms with Gasteiger partial charge in [0.05, 0.1) is 6.42 Å². The molecule has 1 aliphatic carbocycles. The van der Waals surface area contributed by atoms with Gasteiger partial charge in [0, 0.05) is 24.0 Å². The molecule has 1 N–H and O–H groups in total. The summed E-state index contributed by atoms with van der Waals surface area (Å²) < 4.78 is 14.4. The quantitative estimate of drug-likeness (QED) is 0.380. The molecule has 0 spiro atoms. The molecule has 0 bridgehead atoms. The van der Waals surface area contributed by atoms with Gasteiger partial charge in [0.25, 0.3) is 0 Å². The Morgan fingerprint density at radius 3 is 2.22 bits per heavy atom. The van der Waals surface area contributed by atoms with Crippen LogP contribution in [-0.2, 0) is 29.0 Å². The Bertz CT molecular complexity index is 1160. The lowest BCUT2D eigenvalue weighted by molar-refractivity contribution is -0.141. The standard InChI is InChI=1S/C30H32ClFN2O2/c31-26-17-9-7-14-24(26)21-34(29(35)20-23-13-8-10-18-27(23)32)28(19-22-11-3-1-4-12-22)30(36)33-25-15-5-2-6-16-25/h1,3-4,7-14,17-18,25,28H,2,5-6,15-16,19-21H2,(H,33,36)/t28-/m1/s1. The summed E-state index contributed by atoms with van der Waals surface area (Å²) in [5.41, 5.74) is 1.99. The summed E-state index contributed by atoms with van der Waals surface area (Å²) in [5, 5.41) is 3.73. The van der Waals surface area contributed by atoms with Crippen molar-refractivity contribution in [2.75, 3.05) is 0 Å². The van der Waals surface area contributed by atoms with Gasteiger partial charge in [-0.25, -0.2) is 4.39 Å². The first-order valence-electron chi connectivity index (χ1n) is 12.6. The zero-order chi connectivity index (χ0) is 25.3. The number of amides is 2. The molecule has 3 aromatic rings. The van der Waals surface area contributed by atoms with Crippen LogP contribution in [0.3, 0.4) is 0 Å². The van der Waals surface area contributed by atoms with E-state index in [1.165, 1.54) is 12.5 Å². The first-order valence-corrected chi connectivity index (χ1v) is 13.0. The number of carbonyl (C=O) groups is 2. The number of carbonyl (C=O) groups excluding carboxylic acids is 2. The summed E-state index contributed by atoms with van der Waals surface area (Å²) in [4.78, 5) is 29.1. The van der Waals surface area contributed by atoms with Gasteiger partial charge in [-0.2, -0.15) is 0 Å². The second kappa shape index (κ2) is 12.7. The highest BCUT2D eigenvalue weighted by Crippen LogP contribution is 2.23. The van der Waals surface area contributed by atoms with Gasteiger partial charge in [-0.3, -0.25) is 9.59 Å². The van der Waals surface area contributed by atoms with E-state index >= 15 is 0 Å². The number of hydrogen-bond donors (Lipinski definition) is 1. The van der Waals surface area contributed by atoms with Crippen molar-refractivity contribution in [3.63, 3.8) is 0 Å². The van der Waals surface area contributed by atoms with E-state index < -0.39 is 11.9 Å². The molecule has 1 fully saturated rings. The van der Waals surface area contributed by atoms with Crippen molar-refractivity contribution >= 4 is 23.4 Å². The molecule has 0 aliphatic heterocycles. The minimum atomic E-state index is -0.759. The molecule has 0 aromatic heterocycles. The van der Waals surface area contributed by atoms with E-state index in [0.717, 1.165) is 36.8 Å². The topological polar surface area (TPSA) is 49.4 Å². The average Bonchev–Trinajstić information content (AvgIpc) is 2.89. The Balaban J connectivity index is 1.67. The van der Waals surface area contributed by atoms with Crippen LogP contribution in [0.4, 0.5) is 4.39 Å². The molecule has 0 saturated heterocycles. The molecule has 6 heteroatoms. The van der Waals surface area contributed by atoms with Gasteiger partial charge in [0.1, 0.15) is 11.9 Å². The highest BCUT2D eigenvalue weighted by atomic mass is 35.5. The monoisotopic (exact) mass is 506 g/mol. The Hall–Kier alpha value is -3.18. The third kappa shape index (κ3) is 6.94. The van der Waals surface area contributed by atoms with Crippen LogP contribution in [0.1, 0.15) is 48.8 Å². The molecule has 4 rings (SSSR count). The fraction of sp³-hybridized carbons (Fsp3) is 0.333. The third-order valence-corrected chi connectivity index (χ3v) is 7.19. The Morgan fingerprint density at radius 1 is 0.889 bits per heavy atom. The molecular formula is C30H32ClFN2O2. The largest absolute Gasteiger partial charge is 0.352 e. The minimum absolute atomic E-state index is 0.105. The molecule has 1 saturated carbocycles. The molecular weight excluding hydrogens is 475 g/mol. The van der Waals surface area contributed by atoms with E-state index in [9.17, 15) is 14.0 Å². The summed E-state index contributed by atoms with van der Waals surface area (Å²) in [6.07, 6.45) is 5.45. The number of halogens is 2. The van der Waals surface area contributed by atoms with Crippen LogP contribution in [0.25, 0.3) is 0 Å². The molecule has 0 heterocycles. The van der Waals surface area contributed by atoms with Crippen molar-refractivity contribution in [1.29, 1.82) is 0 Å². The van der Waals surface area contributed by atoms with E-state index in [1.54, 1.807) is 29.2 Å². The smallest absolute Gasteiger partial charge is 0.243 e.